The highest BCUT2D eigenvalue weighted by atomic mass is 35.5. The zero-order valence-electron chi connectivity index (χ0n) is 13.3. The summed E-state index contributed by atoms with van der Waals surface area (Å²) in [6, 6.07) is 9.76. The van der Waals surface area contributed by atoms with Crippen LogP contribution in [0.3, 0.4) is 0 Å². The standard InChI is InChI=1S/C17H17ClN2O4/c1-11-4-3-5-12(2)16(11)24-9-8-19-17(21)14-7-6-13(18)10-15(14)20(22)23/h3-7,10H,8-9H2,1-2H3,(H,19,21). The van der Waals surface area contributed by atoms with Gasteiger partial charge in [0.05, 0.1) is 11.5 Å². The number of nitrogens with zero attached hydrogens (tertiary/aromatic N) is 1. The summed E-state index contributed by atoms with van der Waals surface area (Å²) in [5.41, 5.74) is 1.66. The van der Waals surface area contributed by atoms with Crippen LogP contribution in [-0.4, -0.2) is 24.0 Å². The number of ether oxygens (including phenoxy) is 1. The van der Waals surface area contributed by atoms with E-state index in [1.807, 2.05) is 32.0 Å². The number of benzene rings is 2. The number of para-hydroxylation sites is 1. The monoisotopic (exact) mass is 348 g/mol. The van der Waals surface area contributed by atoms with E-state index in [-0.39, 0.29) is 29.4 Å². The van der Waals surface area contributed by atoms with E-state index in [0.29, 0.717) is 0 Å². The Morgan fingerprint density at radius 2 is 1.92 bits per heavy atom. The average Bonchev–Trinajstić information content (AvgIpc) is 2.53. The third kappa shape index (κ3) is 4.23. The molecule has 0 aliphatic rings. The molecule has 0 spiro atoms. The molecule has 24 heavy (non-hydrogen) atoms. The van der Waals surface area contributed by atoms with Gasteiger partial charge in [0.1, 0.15) is 17.9 Å². The molecular formula is C17H17ClN2O4. The number of amides is 1. The predicted molar refractivity (Wildman–Crippen MR) is 91.9 cm³/mol. The molecule has 0 aliphatic carbocycles. The van der Waals surface area contributed by atoms with Gasteiger partial charge in [-0.1, -0.05) is 29.8 Å². The predicted octanol–water partition coefficient (Wildman–Crippen LogP) is 3.67. The van der Waals surface area contributed by atoms with Crippen LogP contribution < -0.4 is 10.1 Å². The van der Waals surface area contributed by atoms with Crippen LogP contribution in [-0.2, 0) is 0 Å². The van der Waals surface area contributed by atoms with Gasteiger partial charge < -0.3 is 10.1 Å². The van der Waals surface area contributed by atoms with E-state index in [1.165, 1.54) is 12.1 Å². The summed E-state index contributed by atoms with van der Waals surface area (Å²) in [6.45, 7) is 4.38. The first-order valence-electron chi connectivity index (χ1n) is 7.31. The van der Waals surface area contributed by atoms with Gasteiger partial charge in [-0.3, -0.25) is 14.9 Å². The SMILES string of the molecule is Cc1cccc(C)c1OCCNC(=O)c1ccc(Cl)cc1[N+](=O)[O-]. The zero-order valence-corrected chi connectivity index (χ0v) is 14.1. The Balaban J connectivity index is 1.96. The molecule has 2 rings (SSSR count). The van der Waals surface area contributed by atoms with Crippen molar-refractivity contribution in [3.8, 4) is 5.75 Å². The normalized spacial score (nSPS) is 10.3. The molecule has 7 heteroatoms. The number of rotatable bonds is 6. The van der Waals surface area contributed by atoms with Gasteiger partial charge in [0.2, 0.25) is 0 Å². The summed E-state index contributed by atoms with van der Waals surface area (Å²) in [5.74, 6) is 0.243. The maximum absolute atomic E-state index is 12.1. The van der Waals surface area contributed by atoms with Crippen molar-refractivity contribution in [2.24, 2.45) is 0 Å². The molecule has 0 unspecified atom stereocenters. The zero-order chi connectivity index (χ0) is 17.7. The molecule has 0 saturated heterocycles. The lowest BCUT2D eigenvalue weighted by molar-refractivity contribution is -0.385. The van der Waals surface area contributed by atoms with Gasteiger partial charge >= 0.3 is 0 Å². The molecule has 0 bridgehead atoms. The first-order chi connectivity index (χ1) is 11.4. The van der Waals surface area contributed by atoms with E-state index in [1.54, 1.807) is 0 Å². The van der Waals surface area contributed by atoms with Gasteiger partial charge in [-0.05, 0) is 37.1 Å². The molecule has 2 aromatic carbocycles. The largest absolute Gasteiger partial charge is 0.491 e. The van der Waals surface area contributed by atoms with Crippen LogP contribution in [0.2, 0.25) is 5.02 Å². The number of nitro benzene ring substituents is 1. The number of nitro groups is 1. The fourth-order valence-corrected chi connectivity index (χ4v) is 2.45. The molecule has 0 fully saturated rings. The Morgan fingerprint density at radius 1 is 1.25 bits per heavy atom. The summed E-state index contributed by atoms with van der Waals surface area (Å²) in [4.78, 5) is 22.5. The second-order valence-corrected chi connectivity index (χ2v) is 5.68. The molecule has 0 heterocycles. The molecule has 2 aromatic rings. The lowest BCUT2D eigenvalue weighted by atomic mass is 10.1. The highest BCUT2D eigenvalue weighted by Crippen LogP contribution is 2.23. The van der Waals surface area contributed by atoms with E-state index in [0.717, 1.165) is 22.9 Å². The van der Waals surface area contributed by atoms with Gasteiger partial charge in [0, 0.05) is 11.1 Å². The Morgan fingerprint density at radius 3 is 2.54 bits per heavy atom. The molecule has 0 aromatic heterocycles. The number of hydrogen-bond acceptors (Lipinski definition) is 4. The van der Waals surface area contributed by atoms with Crippen LogP contribution in [0.4, 0.5) is 5.69 Å². The van der Waals surface area contributed by atoms with Crippen LogP contribution in [0.15, 0.2) is 36.4 Å². The molecule has 0 aliphatic heterocycles. The van der Waals surface area contributed by atoms with E-state index >= 15 is 0 Å². The van der Waals surface area contributed by atoms with Gasteiger partial charge in [-0.15, -0.1) is 0 Å². The summed E-state index contributed by atoms with van der Waals surface area (Å²) in [6.07, 6.45) is 0. The fraction of sp³-hybridized carbons (Fsp3) is 0.235. The molecular weight excluding hydrogens is 332 g/mol. The minimum Gasteiger partial charge on any atom is -0.491 e. The van der Waals surface area contributed by atoms with Crippen LogP contribution in [0.25, 0.3) is 0 Å². The average molecular weight is 349 g/mol. The number of hydrogen-bond donors (Lipinski definition) is 1. The molecule has 0 radical (unpaired) electrons. The van der Waals surface area contributed by atoms with Crippen LogP contribution in [0.5, 0.6) is 5.75 Å². The van der Waals surface area contributed by atoms with E-state index in [9.17, 15) is 14.9 Å². The second kappa shape index (κ2) is 7.79. The van der Waals surface area contributed by atoms with Crippen molar-refractivity contribution in [3.05, 3.63) is 68.2 Å². The molecule has 0 saturated carbocycles. The summed E-state index contributed by atoms with van der Waals surface area (Å²) in [7, 11) is 0. The molecule has 1 N–H and O–H groups in total. The van der Waals surface area contributed by atoms with Crippen molar-refractivity contribution in [1.82, 2.24) is 5.32 Å². The highest BCUT2D eigenvalue weighted by Gasteiger charge is 2.20. The van der Waals surface area contributed by atoms with Crippen molar-refractivity contribution >= 4 is 23.2 Å². The maximum Gasteiger partial charge on any atom is 0.283 e. The minimum atomic E-state index is -0.631. The molecule has 126 valence electrons. The van der Waals surface area contributed by atoms with Crippen LogP contribution in [0.1, 0.15) is 21.5 Å². The maximum atomic E-state index is 12.1. The van der Waals surface area contributed by atoms with Crippen molar-refractivity contribution in [2.75, 3.05) is 13.2 Å². The number of carbonyl (C=O) groups excluding carboxylic acids is 1. The quantitative estimate of drug-likeness (QED) is 0.490. The van der Waals surface area contributed by atoms with Gasteiger partial charge in [-0.2, -0.15) is 0 Å². The summed E-state index contributed by atoms with van der Waals surface area (Å²) < 4.78 is 5.68. The first kappa shape index (κ1) is 17.7. The molecule has 1 amide bonds. The van der Waals surface area contributed by atoms with Gasteiger partial charge in [-0.25, -0.2) is 0 Å². The van der Waals surface area contributed by atoms with Crippen molar-refractivity contribution in [2.45, 2.75) is 13.8 Å². The minimum absolute atomic E-state index is 0.0310. The van der Waals surface area contributed by atoms with Gasteiger partial charge in [0.15, 0.2) is 0 Å². The highest BCUT2D eigenvalue weighted by molar-refractivity contribution is 6.31. The lowest BCUT2D eigenvalue weighted by Crippen LogP contribution is -2.28. The smallest absolute Gasteiger partial charge is 0.283 e. The Bertz CT molecular complexity index is 757. The lowest BCUT2D eigenvalue weighted by Gasteiger charge is -2.12. The number of aryl methyl sites for hydroxylation is 2. The Hall–Kier alpha value is -2.60. The number of nitrogens with one attached hydrogen (secondary N) is 1. The second-order valence-electron chi connectivity index (χ2n) is 5.24. The van der Waals surface area contributed by atoms with Crippen molar-refractivity contribution in [3.63, 3.8) is 0 Å². The third-order valence-electron chi connectivity index (χ3n) is 3.44. The van der Waals surface area contributed by atoms with Crippen LogP contribution >= 0.6 is 11.6 Å². The van der Waals surface area contributed by atoms with E-state index in [4.69, 9.17) is 16.3 Å². The van der Waals surface area contributed by atoms with Crippen molar-refractivity contribution in [1.29, 1.82) is 0 Å². The van der Waals surface area contributed by atoms with Gasteiger partial charge in [0.25, 0.3) is 11.6 Å². The van der Waals surface area contributed by atoms with Crippen molar-refractivity contribution < 1.29 is 14.5 Å². The first-order valence-corrected chi connectivity index (χ1v) is 7.69. The summed E-state index contributed by atoms with van der Waals surface area (Å²) >= 11 is 5.73. The summed E-state index contributed by atoms with van der Waals surface area (Å²) in [5, 5.41) is 13.8. The van der Waals surface area contributed by atoms with E-state index < -0.39 is 10.8 Å². The molecule has 6 nitrogen and oxygen atoms in total. The number of carbonyl (C=O) groups is 1. The van der Waals surface area contributed by atoms with Crippen LogP contribution in [0, 0.1) is 24.0 Å². The third-order valence-corrected chi connectivity index (χ3v) is 3.68. The molecule has 0 atom stereocenters. The topological polar surface area (TPSA) is 81.5 Å². The number of halogens is 1. The Labute approximate surface area is 144 Å². The Kier molecular flexibility index (Phi) is 5.76. The van der Waals surface area contributed by atoms with E-state index in [2.05, 4.69) is 5.32 Å². The fourth-order valence-electron chi connectivity index (χ4n) is 2.29.